The number of benzene rings is 2. The van der Waals surface area contributed by atoms with Crippen molar-refractivity contribution in [3.63, 3.8) is 0 Å². The maximum Gasteiger partial charge on any atom is 0.213 e. The third-order valence-electron chi connectivity index (χ3n) is 6.11. The van der Waals surface area contributed by atoms with E-state index in [1.165, 1.54) is 16.7 Å². The van der Waals surface area contributed by atoms with Crippen molar-refractivity contribution in [3.8, 4) is 0 Å². The lowest BCUT2D eigenvalue weighted by Crippen LogP contribution is -2.28. The van der Waals surface area contributed by atoms with Crippen LogP contribution in [0.1, 0.15) is 35.3 Å². The number of nitrogens with one attached hydrogen (secondary N) is 2. The number of aryl methyl sites for hydroxylation is 2. The minimum atomic E-state index is -3.20. The third kappa shape index (κ3) is 4.50. The molecule has 7 nitrogen and oxygen atoms in total. The molecule has 2 heterocycles. The number of nitrogens with zero attached hydrogens (tertiary/aromatic N) is 3. The Balaban J connectivity index is 1.70. The first kappa shape index (κ1) is 21.5. The molecule has 0 radical (unpaired) electrons. The maximum absolute atomic E-state index is 11.9. The van der Waals surface area contributed by atoms with Crippen LogP contribution in [-0.4, -0.2) is 44.0 Å². The van der Waals surface area contributed by atoms with Crippen LogP contribution in [0.4, 0.5) is 11.5 Å². The van der Waals surface area contributed by atoms with E-state index in [2.05, 4.69) is 76.2 Å². The van der Waals surface area contributed by atoms with Crippen LogP contribution in [0.5, 0.6) is 0 Å². The van der Waals surface area contributed by atoms with E-state index >= 15 is 0 Å². The zero-order chi connectivity index (χ0) is 22.2. The summed E-state index contributed by atoms with van der Waals surface area (Å²) in [5, 5.41) is 14.4. The van der Waals surface area contributed by atoms with Crippen LogP contribution in [0.3, 0.4) is 0 Å². The number of sulfonamides is 1. The third-order valence-corrected chi connectivity index (χ3v) is 7.48. The Hall–Kier alpha value is -2.71. The second kappa shape index (κ2) is 8.43. The molecule has 1 saturated heterocycles. The van der Waals surface area contributed by atoms with Gasteiger partial charge in [0, 0.05) is 36.1 Å². The molecule has 1 aromatic heterocycles. The molecule has 164 valence electrons. The smallest absolute Gasteiger partial charge is 0.213 e. The molecule has 4 rings (SSSR count). The van der Waals surface area contributed by atoms with E-state index in [-0.39, 0.29) is 11.8 Å². The second-order valence-corrected chi connectivity index (χ2v) is 10.1. The van der Waals surface area contributed by atoms with Crippen molar-refractivity contribution < 1.29 is 8.42 Å². The summed E-state index contributed by atoms with van der Waals surface area (Å²) < 4.78 is 26.4. The Morgan fingerprint density at radius 2 is 1.87 bits per heavy atom. The van der Waals surface area contributed by atoms with Gasteiger partial charge in [0.15, 0.2) is 5.82 Å². The first-order chi connectivity index (χ1) is 14.7. The van der Waals surface area contributed by atoms with Gasteiger partial charge in [0.1, 0.15) is 0 Å². The summed E-state index contributed by atoms with van der Waals surface area (Å²) in [4.78, 5) is 2.10. The Morgan fingerprint density at radius 3 is 2.68 bits per heavy atom. The number of hydrogen-bond acceptors (Lipinski definition) is 6. The summed E-state index contributed by atoms with van der Waals surface area (Å²) >= 11 is 0. The standard InChI is InChI=1S/C23H29N5O2S/c1-15-6-5-7-20(16(15)2)17(3)25-23-22-14-19(8-9-21(22)18(4)26-27-23)28-11-10-24-31(29,30)13-12-28/h5-9,14,17,24H,10-13H2,1-4H3,(H,25,27)/t17-/m1/s1. The lowest BCUT2D eigenvalue weighted by molar-refractivity contribution is 0.586. The number of rotatable bonds is 4. The maximum atomic E-state index is 11.9. The molecular weight excluding hydrogens is 410 g/mol. The largest absolute Gasteiger partial charge is 0.369 e. The number of hydrogen-bond donors (Lipinski definition) is 2. The summed E-state index contributed by atoms with van der Waals surface area (Å²) in [6, 6.07) is 12.6. The average Bonchev–Trinajstić information content (AvgIpc) is 2.92. The second-order valence-electron chi connectivity index (χ2n) is 8.22. The number of anilines is 2. The molecule has 1 atom stereocenters. The van der Waals surface area contributed by atoms with Gasteiger partial charge >= 0.3 is 0 Å². The molecule has 0 amide bonds. The topological polar surface area (TPSA) is 87.2 Å². The van der Waals surface area contributed by atoms with Gasteiger partial charge in [-0.25, -0.2) is 13.1 Å². The van der Waals surface area contributed by atoms with Crippen molar-refractivity contribution in [2.45, 2.75) is 33.7 Å². The Labute approximate surface area is 183 Å². The molecule has 0 unspecified atom stereocenters. The minimum Gasteiger partial charge on any atom is -0.369 e. The van der Waals surface area contributed by atoms with E-state index in [4.69, 9.17) is 0 Å². The molecule has 3 aromatic rings. The van der Waals surface area contributed by atoms with Gasteiger partial charge in [0.05, 0.1) is 17.5 Å². The van der Waals surface area contributed by atoms with Crippen molar-refractivity contribution >= 4 is 32.3 Å². The summed E-state index contributed by atoms with van der Waals surface area (Å²) in [5.74, 6) is 0.824. The molecule has 1 aliphatic heterocycles. The zero-order valence-electron chi connectivity index (χ0n) is 18.4. The Bertz CT molecular complexity index is 1230. The molecule has 0 spiro atoms. The molecule has 2 aromatic carbocycles. The SMILES string of the molecule is Cc1cccc([C@@H](C)Nc2nnc(C)c3ccc(N4CCNS(=O)(=O)CC4)cc23)c1C. The van der Waals surface area contributed by atoms with E-state index in [1.807, 2.05) is 13.0 Å². The van der Waals surface area contributed by atoms with Crippen molar-refractivity contribution in [1.29, 1.82) is 0 Å². The molecule has 0 aliphatic carbocycles. The van der Waals surface area contributed by atoms with Gasteiger partial charge in [-0.2, -0.15) is 5.10 Å². The fourth-order valence-electron chi connectivity index (χ4n) is 4.11. The van der Waals surface area contributed by atoms with Crippen molar-refractivity contribution in [1.82, 2.24) is 14.9 Å². The Morgan fingerprint density at radius 1 is 1.06 bits per heavy atom. The van der Waals surface area contributed by atoms with Gasteiger partial charge in [-0.3, -0.25) is 0 Å². The predicted octanol–water partition coefficient (Wildman–Crippen LogP) is 3.47. The summed E-state index contributed by atoms with van der Waals surface area (Å²) in [5.41, 5.74) is 5.62. The highest BCUT2D eigenvalue weighted by Gasteiger charge is 2.20. The Kier molecular flexibility index (Phi) is 5.85. The quantitative estimate of drug-likeness (QED) is 0.647. The minimum absolute atomic E-state index is 0.0660. The van der Waals surface area contributed by atoms with Crippen molar-refractivity contribution in [2.24, 2.45) is 0 Å². The average molecular weight is 440 g/mol. The highest BCUT2D eigenvalue weighted by Crippen LogP contribution is 2.31. The van der Waals surface area contributed by atoms with Crippen LogP contribution in [-0.2, 0) is 10.0 Å². The van der Waals surface area contributed by atoms with E-state index in [1.54, 1.807) is 0 Å². The molecule has 1 fully saturated rings. The monoisotopic (exact) mass is 439 g/mol. The van der Waals surface area contributed by atoms with Gasteiger partial charge in [0.2, 0.25) is 10.0 Å². The van der Waals surface area contributed by atoms with E-state index < -0.39 is 10.0 Å². The highest BCUT2D eigenvalue weighted by molar-refractivity contribution is 7.89. The van der Waals surface area contributed by atoms with E-state index in [0.29, 0.717) is 19.6 Å². The summed E-state index contributed by atoms with van der Waals surface area (Å²) in [6.07, 6.45) is 0. The summed E-state index contributed by atoms with van der Waals surface area (Å²) in [7, 11) is -3.20. The van der Waals surface area contributed by atoms with Gasteiger partial charge in [-0.15, -0.1) is 5.10 Å². The normalized spacial score (nSPS) is 17.4. The van der Waals surface area contributed by atoms with Gasteiger partial charge in [-0.05, 0) is 56.5 Å². The van der Waals surface area contributed by atoms with Crippen LogP contribution in [0, 0.1) is 20.8 Å². The van der Waals surface area contributed by atoms with Crippen LogP contribution in [0.25, 0.3) is 10.8 Å². The number of aromatic nitrogens is 2. The van der Waals surface area contributed by atoms with Crippen molar-refractivity contribution in [3.05, 3.63) is 58.8 Å². The molecule has 1 aliphatic rings. The lowest BCUT2D eigenvalue weighted by Gasteiger charge is -2.23. The molecular formula is C23H29N5O2S. The molecule has 31 heavy (non-hydrogen) atoms. The highest BCUT2D eigenvalue weighted by atomic mass is 32.2. The van der Waals surface area contributed by atoms with Crippen LogP contribution in [0.15, 0.2) is 36.4 Å². The van der Waals surface area contributed by atoms with Crippen molar-refractivity contribution in [2.75, 3.05) is 35.6 Å². The number of fused-ring (bicyclic) bond motifs is 1. The zero-order valence-corrected chi connectivity index (χ0v) is 19.3. The predicted molar refractivity (Wildman–Crippen MR) is 126 cm³/mol. The molecule has 8 heteroatoms. The van der Waals surface area contributed by atoms with Crippen LogP contribution >= 0.6 is 0 Å². The molecule has 0 saturated carbocycles. The fraction of sp³-hybridized carbons (Fsp3) is 0.391. The van der Waals surface area contributed by atoms with E-state index in [0.717, 1.165) is 28.0 Å². The van der Waals surface area contributed by atoms with E-state index in [9.17, 15) is 8.42 Å². The van der Waals surface area contributed by atoms with Crippen LogP contribution in [0.2, 0.25) is 0 Å². The fourth-order valence-corrected chi connectivity index (χ4v) is 5.12. The van der Waals surface area contributed by atoms with Crippen LogP contribution < -0.4 is 14.9 Å². The first-order valence-corrected chi connectivity index (χ1v) is 12.2. The summed E-state index contributed by atoms with van der Waals surface area (Å²) in [6.45, 7) is 9.84. The molecule has 2 N–H and O–H groups in total. The molecule has 0 bridgehead atoms. The van der Waals surface area contributed by atoms with Gasteiger partial charge < -0.3 is 10.2 Å². The first-order valence-electron chi connectivity index (χ1n) is 10.6. The van der Waals surface area contributed by atoms with Gasteiger partial charge in [0.25, 0.3) is 0 Å². The van der Waals surface area contributed by atoms with Gasteiger partial charge in [-0.1, -0.05) is 24.3 Å². The lowest BCUT2D eigenvalue weighted by atomic mass is 9.98.